The molecule has 3 N–H and O–H groups in total. The Balaban J connectivity index is 5.20. The normalized spacial score (nSPS) is 13.9. The first-order valence-corrected chi connectivity index (χ1v) is 44.6. The van der Waals surface area contributed by atoms with E-state index in [2.05, 4.69) is 34.6 Å². The molecule has 2 unspecified atom stereocenters. The van der Waals surface area contributed by atoms with Gasteiger partial charge in [0.2, 0.25) is 0 Å². The molecule has 99 heavy (non-hydrogen) atoms. The summed E-state index contributed by atoms with van der Waals surface area (Å²) >= 11 is 0. The maximum absolute atomic E-state index is 13.1. The van der Waals surface area contributed by atoms with Gasteiger partial charge in [-0.05, 0) is 31.6 Å². The number of unbranched alkanes of at least 4 members (excludes halogenated alkanes) is 52. The van der Waals surface area contributed by atoms with Crippen LogP contribution in [0, 0.1) is 5.92 Å². The Bertz CT molecular complexity index is 1890. The third-order valence-corrected chi connectivity index (χ3v) is 20.7. The van der Waals surface area contributed by atoms with Crippen LogP contribution in [0.2, 0.25) is 0 Å². The molecule has 17 nitrogen and oxygen atoms in total. The average Bonchev–Trinajstić information content (AvgIpc) is 1.14. The highest BCUT2D eigenvalue weighted by molar-refractivity contribution is 7.47. The van der Waals surface area contributed by atoms with Crippen LogP contribution in [-0.4, -0.2) is 96.7 Å². The maximum atomic E-state index is 13.1. The monoisotopic (exact) mass is 1450 g/mol. The predicted octanol–water partition coefficient (Wildman–Crippen LogP) is 24.0. The molecule has 19 heteroatoms. The number of ether oxygens (including phenoxy) is 4. The van der Waals surface area contributed by atoms with Crippen LogP contribution in [0.15, 0.2) is 0 Å². The van der Waals surface area contributed by atoms with E-state index in [4.69, 9.17) is 37.0 Å². The summed E-state index contributed by atoms with van der Waals surface area (Å²) in [5, 5.41) is 10.6. The van der Waals surface area contributed by atoms with Crippen LogP contribution in [0.1, 0.15) is 426 Å². The molecule has 0 saturated carbocycles. The Kier molecular flexibility index (Phi) is 71.6. The van der Waals surface area contributed by atoms with Gasteiger partial charge in [-0.15, -0.1) is 0 Å². The lowest BCUT2D eigenvalue weighted by Crippen LogP contribution is -2.30. The minimum atomic E-state index is -4.96. The number of phosphoric acid groups is 2. The van der Waals surface area contributed by atoms with Gasteiger partial charge < -0.3 is 33.8 Å². The average molecular weight is 1450 g/mol. The smallest absolute Gasteiger partial charge is 0.462 e. The van der Waals surface area contributed by atoms with E-state index in [9.17, 15) is 43.2 Å². The van der Waals surface area contributed by atoms with E-state index < -0.39 is 97.5 Å². The van der Waals surface area contributed by atoms with Gasteiger partial charge >= 0.3 is 39.5 Å². The lowest BCUT2D eigenvalue weighted by atomic mass is 10.0. The molecule has 5 atom stereocenters. The Hall–Kier alpha value is -1.94. The van der Waals surface area contributed by atoms with Crippen molar-refractivity contribution in [3.8, 4) is 0 Å². The fourth-order valence-electron chi connectivity index (χ4n) is 12.4. The molecule has 0 bridgehead atoms. The second-order valence-electron chi connectivity index (χ2n) is 29.3. The topological polar surface area (TPSA) is 237 Å². The van der Waals surface area contributed by atoms with Crippen LogP contribution >= 0.6 is 15.6 Å². The molecule has 0 heterocycles. The molecule has 0 saturated heterocycles. The molecule has 0 radical (unpaired) electrons. The highest BCUT2D eigenvalue weighted by Crippen LogP contribution is 2.45. The first-order valence-electron chi connectivity index (χ1n) is 41.6. The second-order valence-corrected chi connectivity index (χ2v) is 32.2. The van der Waals surface area contributed by atoms with Gasteiger partial charge in [-0.2, -0.15) is 0 Å². The van der Waals surface area contributed by atoms with Gasteiger partial charge in [-0.1, -0.05) is 375 Å². The van der Waals surface area contributed by atoms with Crippen LogP contribution in [-0.2, 0) is 65.4 Å². The van der Waals surface area contributed by atoms with Crippen molar-refractivity contribution in [3.05, 3.63) is 0 Å². The third kappa shape index (κ3) is 74.1. The second kappa shape index (κ2) is 73.0. The van der Waals surface area contributed by atoms with Gasteiger partial charge in [0, 0.05) is 25.7 Å². The number of hydrogen-bond donors (Lipinski definition) is 3. The summed E-state index contributed by atoms with van der Waals surface area (Å²) in [6.07, 6.45) is 63.9. The van der Waals surface area contributed by atoms with Crippen molar-refractivity contribution in [2.45, 2.75) is 445 Å². The zero-order chi connectivity index (χ0) is 72.7. The Morgan fingerprint density at radius 2 is 0.465 bits per heavy atom. The van der Waals surface area contributed by atoms with Gasteiger partial charge in [0.15, 0.2) is 12.2 Å². The minimum Gasteiger partial charge on any atom is -0.462 e. The van der Waals surface area contributed by atoms with Crippen molar-refractivity contribution in [2.24, 2.45) is 5.92 Å². The maximum Gasteiger partial charge on any atom is 0.472 e. The van der Waals surface area contributed by atoms with Crippen LogP contribution in [0.4, 0.5) is 0 Å². The predicted molar refractivity (Wildman–Crippen MR) is 405 cm³/mol. The van der Waals surface area contributed by atoms with Gasteiger partial charge in [0.1, 0.15) is 19.3 Å². The molecule has 0 aromatic rings. The Labute approximate surface area is 607 Å². The quantitative estimate of drug-likeness (QED) is 0.0222. The molecule has 0 aromatic heterocycles. The van der Waals surface area contributed by atoms with Crippen LogP contribution < -0.4 is 0 Å². The van der Waals surface area contributed by atoms with E-state index in [1.165, 1.54) is 250 Å². The van der Waals surface area contributed by atoms with E-state index >= 15 is 0 Å². The summed E-state index contributed by atoms with van der Waals surface area (Å²) in [4.78, 5) is 72.9. The van der Waals surface area contributed by atoms with E-state index in [-0.39, 0.29) is 25.7 Å². The number of aliphatic hydroxyl groups excluding tert-OH is 1. The van der Waals surface area contributed by atoms with Crippen LogP contribution in [0.25, 0.3) is 0 Å². The van der Waals surface area contributed by atoms with Crippen molar-refractivity contribution in [2.75, 3.05) is 39.6 Å². The van der Waals surface area contributed by atoms with E-state index in [0.29, 0.717) is 25.7 Å². The summed E-state index contributed by atoms with van der Waals surface area (Å²) in [5.41, 5.74) is 0. The number of rotatable bonds is 80. The zero-order valence-electron chi connectivity index (χ0n) is 64.6. The van der Waals surface area contributed by atoms with Gasteiger partial charge in [0.05, 0.1) is 26.4 Å². The zero-order valence-corrected chi connectivity index (χ0v) is 66.4. The highest BCUT2D eigenvalue weighted by atomic mass is 31.2. The molecule has 0 aromatic carbocycles. The lowest BCUT2D eigenvalue weighted by Gasteiger charge is -2.21. The molecule has 0 aliphatic heterocycles. The molecule has 0 aliphatic carbocycles. The summed E-state index contributed by atoms with van der Waals surface area (Å²) in [7, 11) is -9.91. The van der Waals surface area contributed by atoms with Crippen molar-refractivity contribution in [1.82, 2.24) is 0 Å². The molecule has 0 amide bonds. The number of carbonyl (C=O) groups excluding carboxylic acids is 4. The van der Waals surface area contributed by atoms with Gasteiger partial charge in [-0.3, -0.25) is 37.3 Å². The molecule has 0 aliphatic rings. The minimum absolute atomic E-state index is 0.108. The lowest BCUT2D eigenvalue weighted by molar-refractivity contribution is -0.161. The van der Waals surface area contributed by atoms with E-state index in [1.807, 2.05) is 0 Å². The Morgan fingerprint density at radius 1 is 0.273 bits per heavy atom. The summed E-state index contributed by atoms with van der Waals surface area (Å²) < 4.78 is 68.6. The summed E-state index contributed by atoms with van der Waals surface area (Å²) in [6, 6.07) is 0. The largest absolute Gasteiger partial charge is 0.472 e. The van der Waals surface area contributed by atoms with E-state index in [0.717, 1.165) is 95.8 Å². The standard InChI is InChI=1S/C80H156O17P2/c1-6-9-12-15-18-21-23-25-27-29-30-31-33-37-42-46-51-56-61-66-80(85)97-76(70-91-78(83)64-59-54-49-44-40-38-34-35-39-43-47-52-57-62-73(4)5)72-95-99(88,89)93-68-74(81)67-92-98(86,87)94-71-75(69-90-77(82)63-58-53-48-20-17-14-11-8-3)96-79(84)65-60-55-50-45-41-36-32-28-26-24-22-19-16-13-10-7-2/h73-76,81H,6-72H2,1-5H3,(H,86,87)(H,88,89)/t74-,75+,76+/m0/s1. The number of esters is 4. The number of hydrogen-bond acceptors (Lipinski definition) is 15. The highest BCUT2D eigenvalue weighted by Gasteiger charge is 2.30. The fraction of sp³-hybridized carbons (Fsp3) is 0.950. The molecular weight excluding hydrogens is 1290 g/mol. The third-order valence-electron chi connectivity index (χ3n) is 18.8. The van der Waals surface area contributed by atoms with Crippen molar-refractivity contribution in [3.63, 3.8) is 0 Å². The first kappa shape index (κ1) is 97.1. The van der Waals surface area contributed by atoms with Crippen molar-refractivity contribution in [1.29, 1.82) is 0 Å². The summed E-state index contributed by atoms with van der Waals surface area (Å²) in [5.74, 6) is -1.32. The molecule has 0 rings (SSSR count). The van der Waals surface area contributed by atoms with E-state index in [1.54, 1.807) is 0 Å². The van der Waals surface area contributed by atoms with Crippen LogP contribution in [0.5, 0.6) is 0 Å². The summed E-state index contributed by atoms with van der Waals surface area (Å²) in [6.45, 7) is 7.32. The van der Waals surface area contributed by atoms with Crippen molar-refractivity contribution < 1.29 is 80.2 Å². The molecular formula is C80H156O17P2. The Morgan fingerprint density at radius 3 is 0.687 bits per heavy atom. The van der Waals surface area contributed by atoms with Gasteiger partial charge in [-0.25, -0.2) is 9.13 Å². The van der Waals surface area contributed by atoms with Crippen LogP contribution in [0.3, 0.4) is 0 Å². The first-order chi connectivity index (χ1) is 48.0. The SMILES string of the molecule is CCCCCCCCCCCCCCCCCCCCCC(=O)O[C@H](COC(=O)CCCCCCCCCCCCCCCC(C)C)COP(=O)(O)OC[C@@H](O)COP(=O)(O)OC[C@@H](COC(=O)CCCCCCCCCC)OC(=O)CCCCCCCCCCCCCCCCCC. The molecule has 0 fully saturated rings. The number of phosphoric ester groups is 2. The van der Waals surface area contributed by atoms with Gasteiger partial charge in [0.25, 0.3) is 0 Å². The number of carbonyl (C=O) groups is 4. The molecule has 588 valence electrons. The van der Waals surface area contributed by atoms with Crippen molar-refractivity contribution >= 4 is 39.5 Å². The fourth-order valence-corrected chi connectivity index (χ4v) is 14.0. The number of aliphatic hydroxyl groups is 1. The molecule has 0 spiro atoms.